The molecule has 3 heteroatoms. The maximum absolute atomic E-state index is 10.2. The van der Waals surface area contributed by atoms with E-state index >= 15 is 0 Å². The van der Waals surface area contributed by atoms with Gasteiger partial charge in [-0.25, -0.2) is 0 Å². The highest BCUT2D eigenvalue weighted by molar-refractivity contribution is 4.84. The van der Waals surface area contributed by atoms with Gasteiger partial charge in [0.1, 0.15) is 0 Å². The molecule has 0 amide bonds. The Morgan fingerprint density at radius 1 is 1.29 bits per heavy atom. The molecule has 0 aromatic rings. The molecule has 1 saturated carbocycles. The molecular weight excluding hydrogens is 214 g/mol. The van der Waals surface area contributed by atoms with E-state index < -0.39 is 0 Å². The third-order valence-corrected chi connectivity index (χ3v) is 4.09. The maximum Gasteiger partial charge on any atom is 0.0585 e. The summed E-state index contributed by atoms with van der Waals surface area (Å²) in [6, 6.07) is 0. The number of hydrogen-bond donors (Lipinski definition) is 2. The molecule has 1 fully saturated rings. The van der Waals surface area contributed by atoms with Gasteiger partial charge in [-0.2, -0.15) is 0 Å². The number of rotatable bonds is 5. The first-order valence-electron chi connectivity index (χ1n) is 6.94. The minimum Gasteiger partial charge on any atom is -0.393 e. The second-order valence-electron chi connectivity index (χ2n) is 6.19. The molecule has 0 saturated heterocycles. The normalized spacial score (nSPS) is 36.2. The van der Waals surface area contributed by atoms with Gasteiger partial charge in [-0.15, -0.1) is 0 Å². The molecule has 1 rings (SSSR count). The van der Waals surface area contributed by atoms with E-state index in [1.54, 1.807) is 0 Å². The summed E-state index contributed by atoms with van der Waals surface area (Å²) in [5.41, 5.74) is 0. The van der Waals surface area contributed by atoms with Crippen LogP contribution in [0.2, 0.25) is 0 Å². The minimum atomic E-state index is -0.230. The van der Waals surface area contributed by atoms with E-state index in [1.807, 2.05) is 6.92 Å². The van der Waals surface area contributed by atoms with Crippen LogP contribution in [0.1, 0.15) is 40.0 Å². The van der Waals surface area contributed by atoms with Gasteiger partial charge in [0.05, 0.1) is 12.2 Å². The molecule has 102 valence electrons. The van der Waals surface area contributed by atoms with Crippen LogP contribution in [0.25, 0.3) is 0 Å². The summed E-state index contributed by atoms with van der Waals surface area (Å²) in [4.78, 5) is 2.24. The summed E-state index contributed by atoms with van der Waals surface area (Å²) in [5, 5.41) is 19.4. The van der Waals surface area contributed by atoms with E-state index in [0.717, 1.165) is 25.9 Å². The molecule has 1 aliphatic rings. The molecule has 0 aromatic heterocycles. The van der Waals surface area contributed by atoms with Crippen molar-refractivity contribution in [2.24, 2.45) is 17.8 Å². The van der Waals surface area contributed by atoms with Crippen LogP contribution >= 0.6 is 0 Å². The van der Waals surface area contributed by atoms with E-state index in [9.17, 15) is 10.2 Å². The van der Waals surface area contributed by atoms with Crippen molar-refractivity contribution in [3.05, 3.63) is 0 Å². The van der Waals surface area contributed by atoms with E-state index in [-0.39, 0.29) is 12.2 Å². The highest BCUT2D eigenvalue weighted by Crippen LogP contribution is 2.34. The largest absolute Gasteiger partial charge is 0.393 e. The smallest absolute Gasteiger partial charge is 0.0585 e. The maximum atomic E-state index is 10.2. The van der Waals surface area contributed by atoms with Gasteiger partial charge in [0.25, 0.3) is 0 Å². The number of nitrogens with zero attached hydrogens (tertiary/aromatic N) is 1. The fourth-order valence-electron chi connectivity index (χ4n) is 3.03. The molecule has 0 aliphatic heterocycles. The molecule has 5 atom stereocenters. The van der Waals surface area contributed by atoms with Gasteiger partial charge in [0.15, 0.2) is 0 Å². The van der Waals surface area contributed by atoms with Crippen molar-refractivity contribution in [1.82, 2.24) is 4.90 Å². The Labute approximate surface area is 106 Å². The van der Waals surface area contributed by atoms with Crippen LogP contribution in [0, 0.1) is 17.8 Å². The average molecular weight is 243 g/mol. The van der Waals surface area contributed by atoms with Gasteiger partial charge in [-0.1, -0.05) is 13.8 Å². The first-order chi connectivity index (χ1) is 7.90. The van der Waals surface area contributed by atoms with E-state index in [0.29, 0.717) is 17.8 Å². The molecule has 2 N–H and O–H groups in total. The lowest BCUT2D eigenvalue weighted by molar-refractivity contribution is 0.000351. The van der Waals surface area contributed by atoms with E-state index in [1.165, 1.54) is 6.42 Å². The molecule has 0 aromatic carbocycles. The van der Waals surface area contributed by atoms with Crippen molar-refractivity contribution >= 4 is 0 Å². The predicted octanol–water partition coefficient (Wildman–Crippen LogP) is 1.73. The van der Waals surface area contributed by atoms with Crippen LogP contribution in [-0.4, -0.2) is 47.5 Å². The SMILES string of the molecule is CC(O)CCN(C)CC1C(C)CC(C)CC1O. The fourth-order valence-corrected chi connectivity index (χ4v) is 3.03. The third kappa shape index (κ3) is 4.94. The molecule has 17 heavy (non-hydrogen) atoms. The van der Waals surface area contributed by atoms with Crippen molar-refractivity contribution in [2.75, 3.05) is 20.1 Å². The van der Waals surface area contributed by atoms with Crippen LogP contribution in [0.4, 0.5) is 0 Å². The van der Waals surface area contributed by atoms with Crippen LogP contribution in [0.5, 0.6) is 0 Å². The Kier molecular flexibility index (Phi) is 5.90. The van der Waals surface area contributed by atoms with Crippen LogP contribution in [-0.2, 0) is 0 Å². The Balaban J connectivity index is 2.38. The molecular formula is C14H29NO2. The molecule has 0 heterocycles. The molecule has 0 radical (unpaired) electrons. The lowest BCUT2D eigenvalue weighted by atomic mass is 9.73. The highest BCUT2D eigenvalue weighted by Gasteiger charge is 2.33. The summed E-state index contributed by atoms with van der Waals surface area (Å²) >= 11 is 0. The predicted molar refractivity (Wildman–Crippen MR) is 70.9 cm³/mol. The van der Waals surface area contributed by atoms with Crippen molar-refractivity contribution in [3.63, 3.8) is 0 Å². The van der Waals surface area contributed by atoms with Crippen molar-refractivity contribution in [2.45, 2.75) is 52.2 Å². The van der Waals surface area contributed by atoms with Crippen molar-refractivity contribution in [3.8, 4) is 0 Å². The van der Waals surface area contributed by atoms with Gasteiger partial charge < -0.3 is 15.1 Å². The third-order valence-electron chi connectivity index (χ3n) is 4.09. The first kappa shape index (κ1) is 14.9. The summed E-state index contributed by atoms with van der Waals surface area (Å²) in [6.07, 6.45) is 2.60. The minimum absolute atomic E-state index is 0.150. The standard InChI is InChI=1S/C14H29NO2/c1-10-7-11(2)13(14(17)8-10)9-15(4)6-5-12(3)16/h10-14,16-17H,5-9H2,1-4H3. The van der Waals surface area contributed by atoms with Gasteiger partial charge in [-0.05, 0) is 45.1 Å². The number of hydrogen-bond acceptors (Lipinski definition) is 3. The second kappa shape index (κ2) is 6.72. The average Bonchev–Trinajstić information content (AvgIpc) is 2.20. The first-order valence-corrected chi connectivity index (χ1v) is 6.94. The molecule has 0 bridgehead atoms. The Morgan fingerprint density at radius 2 is 1.94 bits per heavy atom. The van der Waals surface area contributed by atoms with Crippen molar-refractivity contribution in [1.29, 1.82) is 0 Å². The van der Waals surface area contributed by atoms with Crippen LogP contribution < -0.4 is 0 Å². The summed E-state index contributed by atoms with van der Waals surface area (Å²) in [6.45, 7) is 8.16. The zero-order valence-corrected chi connectivity index (χ0v) is 11.8. The zero-order chi connectivity index (χ0) is 13.0. The van der Waals surface area contributed by atoms with Gasteiger partial charge in [-0.3, -0.25) is 0 Å². The van der Waals surface area contributed by atoms with Gasteiger partial charge >= 0.3 is 0 Å². The molecule has 1 aliphatic carbocycles. The molecule has 0 spiro atoms. The Bertz CT molecular complexity index is 208. The van der Waals surface area contributed by atoms with Gasteiger partial charge in [0, 0.05) is 19.0 Å². The Morgan fingerprint density at radius 3 is 2.47 bits per heavy atom. The van der Waals surface area contributed by atoms with Gasteiger partial charge in [0.2, 0.25) is 0 Å². The van der Waals surface area contributed by atoms with Crippen LogP contribution in [0.3, 0.4) is 0 Å². The molecule has 3 nitrogen and oxygen atoms in total. The van der Waals surface area contributed by atoms with E-state index in [2.05, 4.69) is 25.8 Å². The number of aliphatic hydroxyl groups excluding tert-OH is 2. The Hall–Kier alpha value is -0.120. The lowest BCUT2D eigenvalue weighted by Crippen LogP contribution is -2.42. The summed E-state index contributed by atoms with van der Waals surface area (Å²) < 4.78 is 0. The van der Waals surface area contributed by atoms with E-state index in [4.69, 9.17) is 0 Å². The zero-order valence-electron chi connectivity index (χ0n) is 11.8. The van der Waals surface area contributed by atoms with Crippen LogP contribution in [0.15, 0.2) is 0 Å². The second-order valence-corrected chi connectivity index (χ2v) is 6.19. The summed E-state index contributed by atoms with van der Waals surface area (Å²) in [5.74, 6) is 1.65. The topological polar surface area (TPSA) is 43.7 Å². The monoisotopic (exact) mass is 243 g/mol. The van der Waals surface area contributed by atoms with Crippen molar-refractivity contribution < 1.29 is 10.2 Å². The quantitative estimate of drug-likeness (QED) is 0.773. The number of aliphatic hydroxyl groups is 2. The summed E-state index contributed by atoms with van der Waals surface area (Å²) in [7, 11) is 2.08. The molecule has 5 unspecified atom stereocenters. The highest BCUT2D eigenvalue weighted by atomic mass is 16.3. The lowest BCUT2D eigenvalue weighted by Gasteiger charge is -2.39. The fraction of sp³-hybridized carbons (Fsp3) is 1.00.